The highest BCUT2D eigenvalue weighted by Gasteiger charge is 2.01. The number of hydrogen-bond donors (Lipinski definition) is 1. The van der Waals surface area contributed by atoms with Gasteiger partial charge in [0.05, 0.1) is 0 Å². The summed E-state index contributed by atoms with van der Waals surface area (Å²) in [7, 11) is 0. The van der Waals surface area contributed by atoms with E-state index in [2.05, 4.69) is 36.4 Å². The standard InChI is InChI=1S/C20H19NO/c1-15-13-19(11-12-20(15)21)22-18-9-7-17(8-10-18)14-16-5-3-2-4-6-16/h2-13H,14,21H2,1H3. The van der Waals surface area contributed by atoms with Gasteiger partial charge < -0.3 is 10.5 Å². The molecular formula is C20H19NO. The minimum Gasteiger partial charge on any atom is -0.457 e. The van der Waals surface area contributed by atoms with Crippen LogP contribution in [-0.2, 0) is 6.42 Å². The fourth-order valence-electron chi connectivity index (χ4n) is 2.35. The predicted octanol–water partition coefficient (Wildman–Crippen LogP) is 4.96. The molecule has 0 amide bonds. The number of nitrogens with two attached hydrogens (primary N) is 1. The normalized spacial score (nSPS) is 10.4. The van der Waals surface area contributed by atoms with Crippen LogP contribution in [0.5, 0.6) is 11.5 Å². The first-order valence-electron chi connectivity index (χ1n) is 7.37. The van der Waals surface area contributed by atoms with E-state index < -0.39 is 0 Å². The summed E-state index contributed by atoms with van der Waals surface area (Å²) < 4.78 is 5.86. The van der Waals surface area contributed by atoms with Crippen molar-refractivity contribution in [3.05, 3.63) is 89.5 Å². The summed E-state index contributed by atoms with van der Waals surface area (Å²) in [6.07, 6.45) is 0.933. The summed E-state index contributed by atoms with van der Waals surface area (Å²) in [4.78, 5) is 0. The van der Waals surface area contributed by atoms with E-state index in [4.69, 9.17) is 10.5 Å². The van der Waals surface area contributed by atoms with Crippen LogP contribution in [0.2, 0.25) is 0 Å². The summed E-state index contributed by atoms with van der Waals surface area (Å²) in [5.74, 6) is 1.64. The lowest BCUT2D eigenvalue weighted by molar-refractivity contribution is 0.482. The Balaban J connectivity index is 1.70. The summed E-state index contributed by atoms with van der Waals surface area (Å²) >= 11 is 0. The van der Waals surface area contributed by atoms with Gasteiger partial charge in [0.1, 0.15) is 11.5 Å². The first-order chi connectivity index (χ1) is 10.7. The monoisotopic (exact) mass is 289 g/mol. The van der Waals surface area contributed by atoms with Gasteiger partial charge in [-0.15, -0.1) is 0 Å². The minimum atomic E-state index is 0.783. The van der Waals surface area contributed by atoms with E-state index in [9.17, 15) is 0 Å². The van der Waals surface area contributed by atoms with E-state index in [1.807, 2.05) is 43.3 Å². The second-order valence-corrected chi connectivity index (χ2v) is 5.43. The molecule has 0 saturated heterocycles. The van der Waals surface area contributed by atoms with Crippen molar-refractivity contribution in [2.24, 2.45) is 0 Å². The molecule has 3 aromatic carbocycles. The van der Waals surface area contributed by atoms with Gasteiger partial charge in [-0.2, -0.15) is 0 Å². The van der Waals surface area contributed by atoms with Gasteiger partial charge in [0, 0.05) is 5.69 Å². The molecule has 0 aliphatic rings. The highest BCUT2D eigenvalue weighted by Crippen LogP contribution is 2.25. The molecule has 0 saturated carbocycles. The number of anilines is 1. The Labute approximate surface area is 131 Å². The molecule has 0 spiro atoms. The molecule has 110 valence electrons. The molecule has 3 aromatic rings. The highest BCUT2D eigenvalue weighted by atomic mass is 16.5. The van der Waals surface area contributed by atoms with Crippen molar-refractivity contribution in [2.75, 3.05) is 5.73 Å². The molecule has 2 nitrogen and oxygen atoms in total. The van der Waals surface area contributed by atoms with E-state index in [1.54, 1.807) is 0 Å². The van der Waals surface area contributed by atoms with Gasteiger partial charge in [0.15, 0.2) is 0 Å². The smallest absolute Gasteiger partial charge is 0.127 e. The fraction of sp³-hybridized carbons (Fsp3) is 0.100. The maximum Gasteiger partial charge on any atom is 0.127 e. The van der Waals surface area contributed by atoms with Crippen molar-refractivity contribution in [1.82, 2.24) is 0 Å². The summed E-state index contributed by atoms with van der Waals surface area (Å²) in [5, 5.41) is 0. The number of nitrogen functional groups attached to an aromatic ring is 1. The van der Waals surface area contributed by atoms with Crippen molar-refractivity contribution in [3.8, 4) is 11.5 Å². The van der Waals surface area contributed by atoms with E-state index in [0.717, 1.165) is 29.2 Å². The Morgan fingerprint density at radius 2 is 1.41 bits per heavy atom. The molecule has 0 aliphatic carbocycles. The Bertz CT molecular complexity index is 748. The van der Waals surface area contributed by atoms with Gasteiger partial charge in [0.2, 0.25) is 0 Å². The third-order valence-electron chi connectivity index (χ3n) is 3.65. The molecule has 0 heterocycles. The number of ether oxygens (including phenoxy) is 1. The first-order valence-corrected chi connectivity index (χ1v) is 7.37. The van der Waals surface area contributed by atoms with Gasteiger partial charge in [-0.25, -0.2) is 0 Å². The lowest BCUT2D eigenvalue weighted by Gasteiger charge is -2.09. The predicted molar refractivity (Wildman–Crippen MR) is 91.4 cm³/mol. The van der Waals surface area contributed by atoms with Gasteiger partial charge in [-0.3, -0.25) is 0 Å². The molecule has 0 aliphatic heterocycles. The van der Waals surface area contributed by atoms with Crippen LogP contribution in [0.4, 0.5) is 5.69 Å². The van der Waals surface area contributed by atoms with Crippen LogP contribution in [0.3, 0.4) is 0 Å². The quantitative estimate of drug-likeness (QED) is 0.689. The zero-order chi connectivity index (χ0) is 15.4. The minimum absolute atomic E-state index is 0.783. The molecule has 2 N–H and O–H groups in total. The Hall–Kier alpha value is -2.74. The maximum absolute atomic E-state index is 5.86. The number of benzene rings is 3. The molecule has 22 heavy (non-hydrogen) atoms. The van der Waals surface area contributed by atoms with Crippen LogP contribution >= 0.6 is 0 Å². The summed E-state index contributed by atoms with van der Waals surface area (Å²) in [6.45, 7) is 1.98. The molecule has 0 fully saturated rings. The van der Waals surface area contributed by atoms with Gasteiger partial charge in [-0.1, -0.05) is 42.5 Å². The van der Waals surface area contributed by atoms with E-state index in [-0.39, 0.29) is 0 Å². The molecule has 0 atom stereocenters. The number of aryl methyl sites for hydroxylation is 1. The van der Waals surface area contributed by atoms with Crippen LogP contribution in [0.1, 0.15) is 16.7 Å². The van der Waals surface area contributed by atoms with E-state index in [1.165, 1.54) is 11.1 Å². The maximum atomic E-state index is 5.86. The van der Waals surface area contributed by atoms with Gasteiger partial charge >= 0.3 is 0 Å². The Morgan fingerprint density at radius 1 is 0.773 bits per heavy atom. The van der Waals surface area contributed by atoms with Gasteiger partial charge in [-0.05, 0) is 60.4 Å². The first kappa shape index (κ1) is 14.2. The third-order valence-corrected chi connectivity index (χ3v) is 3.65. The SMILES string of the molecule is Cc1cc(Oc2ccc(Cc3ccccc3)cc2)ccc1N. The average Bonchev–Trinajstić information content (AvgIpc) is 2.54. The van der Waals surface area contributed by atoms with Gasteiger partial charge in [0.25, 0.3) is 0 Å². The van der Waals surface area contributed by atoms with Crippen LogP contribution in [0.25, 0.3) is 0 Å². The zero-order valence-corrected chi connectivity index (χ0v) is 12.6. The second-order valence-electron chi connectivity index (χ2n) is 5.43. The van der Waals surface area contributed by atoms with Crippen molar-refractivity contribution in [3.63, 3.8) is 0 Å². The largest absolute Gasteiger partial charge is 0.457 e. The molecule has 0 bridgehead atoms. The lowest BCUT2D eigenvalue weighted by atomic mass is 10.1. The molecule has 3 rings (SSSR count). The topological polar surface area (TPSA) is 35.2 Å². The van der Waals surface area contributed by atoms with Crippen LogP contribution in [0.15, 0.2) is 72.8 Å². The van der Waals surface area contributed by atoms with Crippen molar-refractivity contribution < 1.29 is 4.74 Å². The van der Waals surface area contributed by atoms with Crippen molar-refractivity contribution in [2.45, 2.75) is 13.3 Å². The Kier molecular flexibility index (Phi) is 4.10. The van der Waals surface area contributed by atoms with Crippen LogP contribution in [0, 0.1) is 6.92 Å². The highest BCUT2D eigenvalue weighted by molar-refractivity contribution is 5.50. The van der Waals surface area contributed by atoms with Crippen LogP contribution in [-0.4, -0.2) is 0 Å². The lowest BCUT2D eigenvalue weighted by Crippen LogP contribution is -1.91. The molecular weight excluding hydrogens is 270 g/mol. The second kappa shape index (κ2) is 6.35. The van der Waals surface area contributed by atoms with Crippen molar-refractivity contribution in [1.29, 1.82) is 0 Å². The summed E-state index contributed by atoms with van der Waals surface area (Å²) in [5.41, 5.74) is 10.2. The summed E-state index contributed by atoms with van der Waals surface area (Å²) in [6, 6.07) is 24.4. The molecule has 0 aromatic heterocycles. The number of rotatable bonds is 4. The molecule has 0 radical (unpaired) electrons. The number of hydrogen-bond acceptors (Lipinski definition) is 2. The Morgan fingerprint density at radius 3 is 2.09 bits per heavy atom. The average molecular weight is 289 g/mol. The molecule has 2 heteroatoms. The zero-order valence-electron chi connectivity index (χ0n) is 12.6. The van der Waals surface area contributed by atoms with E-state index >= 15 is 0 Å². The third kappa shape index (κ3) is 3.47. The van der Waals surface area contributed by atoms with Crippen LogP contribution < -0.4 is 10.5 Å². The molecule has 0 unspecified atom stereocenters. The van der Waals surface area contributed by atoms with Crippen molar-refractivity contribution >= 4 is 5.69 Å². The fourth-order valence-corrected chi connectivity index (χ4v) is 2.35. The van der Waals surface area contributed by atoms with E-state index in [0.29, 0.717) is 0 Å².